The van der Waals surface area contributed by atoms with Crippen LogP contribution in [-0.2, 0) is 0 Å². The summed E-state index contributed by atoms with van der Waals surface area (Å²) in [6, 6.07) is 0. The summed E-state index contributed by atoms with van der Waals surface area (Å²) in [6.45, 7) is 6.74. The number of thiophene rings is 1. The fraction of sp³-hybridized carbons (Fsp3) is 0.714. The minimum Gasteiger partial charge on any atom is -0.485 e. The lowest BCUT2D eigenvalue weighted by molar-refractivity contribution is -0.0274. The highest BCUT2D eigenvalue weighted by molar-refractivity contribution is 7.08. The van der Waals surface area contributed by atoms with Crippen molar-refractivity contribution in [3.8, 4) is 11.5 Å². The number of rotatable bonds is 0. The standard InChI is InChI=1S/C14H20O2S/c1-9-4-5-10-11(6-9)15-12-7-17-8-13(12)16-14(10,2)3/h7-11H,4-6H2,1-3H3. The second kappa shape index (κ2) is 3.91. The smallest absolute Gasteiger partial charge is 0.172 e. The Bertz CT molecular complexity index is 410. The summed E-state index contributed by atoms with van der Waals surface area (Å²) in [5.74, 6) is 3.16. The first kappa shape index (κ1) is 11.4. The Labute approximate surface area is 107 Å². The van der Waals surface area contributed by atoms with Gasteiger partial charge in [-0.2, -0.15) is 0 Å². The summed E-state index contributed by atoms with van der Waals surface area (Å²) in [7, 11) is 0. The van der Waals surface area contributed by atoms with Gasteiger partial charge in [-0.1, -0.05) is 13.3 Å². The van der Waals surface area contributed by atoms with E-state index in [0.717, 1.165) is 23.8 Å². The highest BCUT2D eigenvalue weighted by Crippen LogP contribution is 2.46. The van der Waals surface area contributed by atoms with Crippen LogP contribution in [0.3, 0.4) is 0 Å². The van der Waals surface area contributed by atoms with E-state index >= 15 is 0 Å². The topological polar surface area (TPSA) is 18.5 Å². The Kier molecular flexibility index (Phi) is 2.62. The molecule has 0 N–H and O–H groups in total. The molecule has 2 heterocycles. The molecule has 0 radical (unpaired) electrons. The third-order valence-electron chi connectivity index (χ3n) is 4.19. The van der Waals surface area contributed by atoms with Crippen LogP contribution in [0, 0.1) is 11.8 Å². The normalized spacial score (nSPS) is 34.9. The second-order valence-corrected chi connectivity index (χ2v) is 6.73. The van der Waals surface area contributed by atoms with Crippen LogP contribution >= 0.6 is 11.3 Å². The molecule has 17 heavy (non-hydrogen) atoms. The Morgan fingerprint density at radius 3 is 2.82 bits per heavy atom. The summed E-state index contributed by atoms with van der Waals surface area (Å²) in [6.07, 6.45) is 3.99. The average Bonchev–Trinajstić information content (AvgIpc) is 2.60. The molecule has 0 amide bonds. The van der Waals surface area contributed by atoms with Gasteiger partial charge in [0, 0.05) is 16.7 Å². The van der Waals surface area contributed by atoms with E-state index < -0.39 is 0 Å². The van der Waals surface area contributed by atoms with Gasteiger partial charge in [0.2, 0.25) is 0 Å². The Balaban J connectivity index is 1.95. The molecular weight excluding hydrogens is 232 g/mol. The highest BCUT2D eigenvalue weighted by Gasteiger charge is 2.44. The zero-order valence-electron chi connectivity index (χ0n) is 10.7. The van der Waals surface area contributed by atoms with Crippen molar-refractivity contribution in [2.45, 2.75) is 51.7 Å². The van der Waals surface area contributed by atoms with E-state index in [2.05, 4.69) is 31.5 Å². The van der Waals surface area contributed by atoms with E-state index in [9.17, 15) is 0 Å². The lowest BCUT2D eigenvalue weighted by Crippen LogP contribution is -2.47. The molecule has 3 heteroatoms. The van der Waals surface area contributed by atoms with E-state index in [0.29, 0.717) is 12.0 Å². The van der Waals surface area contributed by atoms with Crippen LogP contribution in [0.5, 0.6) is 11.5 Å². The number of fused-ring (bicyclic) bond motifs is 2. The van der Waals surface area contributed by atoms with Gasteiger partial charge < -0.3 is 9.47 Å². The van der Waals surface area contributed by atoms with Crippen LogP contribution in [0.15, 0.2) is 10.8 Å². The van der Waals surface area contributed by atoms with Gasteiger partial charge in [0.25, 0.3) is 0 Å². The van der Waals surface area contributed by atoms with Crippen LogP contribution in [0.1, 0.15) is 40.0 Å². The molecule has 3 unspecified atom stereocenters. The summed E-state index contributed by atoms with van der Waals surface area (Å²) in [5.41, 5.74) is -0.114. The number of ether oxygens (including phenoxy) is 2. The van der Waals surface area contributed by atoms with Crippen molar-refractivity contribution >= 4 is 11.3 Å². The van der Waals surface area contributed by atoms with Crippen LogP contribution in [0.4, 0.5) is 0 Å². The van der Waals surface area contributed by atoms with Crippen molar-refractivity contribution in [2.75, 3.05) is 0 Å². The molecule has 94 valence electrons. The van der Waals surface area contributed by atoms with Gasteiger partial charge in [0.15, 0.2) is 11.5 Å². The molecule has 3 atom stereocenters. The summed E-state index contributed by atoms with van der Waals surface area (Å²) >= 11 is 1.66. The Morgan fingerprint density at radius 1 is 1.24 bits per heavy atom. The molecule has 0 bridgehead atoms. The molecule has 1 aromatic rings. The maximum absolute atomic E-state index is 6.19. The van der Waals surface area contributed by atoms with Crippen molar-refractivity contribution in [1.82, 2.24) is 0 Å². The summed E-state index contributed by atoms with van der Waals surface area (Å²) < 4.78 is 12.4. The van der Waals surface area contributed by atoms with Gasteiger partial charge in [0.05, 0.1) is 0 Å². The molecule has 0 aromatic carbocycles. The highest BCUT2D eigenvalue weighted by atomic mass is 32.1. The second-order valence-electron chi connectivity index (χ2n) is 5.99. The van der Waals surface area contributed by atoms with Crippen molar-refractivity contribution in [2.24, 2.45) is 11.8 Å². The predicted molar refractivity (Wildman–Crippen MR) is 69.9 cm³/mol. The lowest BCUT2D eigenvalue weighted by atomic mass is 9.73. The maximum atomic E-state index is 6.19. The van der Waals surface area contributed by atoms with Crippen molar-refractivity contribution < 1.29 is 9.47 Å². The molecular formula is C14H20O2S. The summed E-state index contributed by atoms with van der Waals surface area (Å²) in [5, 5.41) is 4.12. The van der Waals surface area contributed by atoms with E-state index in [1.54, 1.807) is 11.3 Å². The van der Waals surface area contributed by atoms with Crippen molar-refractivity contribution in [3.05, 3.63) is 10.8 Å². The third kappa shape index (κ3) is 1.95. The van der Waals surface area contributed by atoms with Crippen LogP contribution < -0.4 is 9.47 Å². The van der Waals surface area contributed by atoms with E-state index in [-0.39, 0.29) is 5.60 Å². The molecule has 1 aromatic heterocycles. The fourth-order valence-electron chi connectivity index (χ4n) is 3.21. The first-order valence-corrected chi connectivity index (χ1v) is 7.42. The molecule has 1 saturated carbocycles. The van der Waals surface area contributed by atoms with Crippen molar-refractivity contribution in [3.63, 3.8) is 0 Å². The Morgan fingerprint density at radius 2 is 2.00 bits per heavy atom. The van der Waals surface area contributed by atoms with Gasteiger partial charge in [-0.05, 0) is 32.6 Å². The van der Waals surface area contributed by atoms with Gasteiger partial charge in [-0.25, -0.2) is 0 Å². The zero-order chi connectivity index (χ0) is 12.0. The number of hydrogen-bond donors (Lipinski definition) is 0. The minimum absolute atomic E-state index is 0.114. The monoisotopic (exact) mass is 252 g/mol. The maximum Gasteiger partial charge on any atom is 0.172 e. The summed E-state index contributed by atoms with van der Waals surface area (Å²) in [4.78, 5) is 0. The van der Waals surface area contributed by atoms with E-state index in [4.69, 9.17) is 9.47 Å². The first-order valence-electron chi connectivity index (χ1n) is 6.48. The molecule has 3 rings (SSSR count). The van der Waals surface area contributed by atoms with Crippen LogP contribution in [0.2, 0.25) is 0 Å². The molecule has 1 aliphatic heterocycles. The number of hydrogen-bond acceptors (Lipinski definition) is 3. The average molecular weight is 252 g/mol. The molecule has 2 aliphatic rings. The van der Waals surface area contributed by atoms with Crippen LogP contribution in [-0.4, -0.2) is 11.7 Å². The largest absolute Gasteiger partial charge is 0.485 e. The first-order chi connectivity index (χ1) is 8.06. The molecule has 0 spiro atoms. The predicted octanol–water partition coefficient (Wildman–Crippen LogP) is 4.10. The lowest BCUT2D eigenvalue weighted by Gasteiger charge is -2.40. The fourth-order valence-corrected chi connectivity index (χ4v) is 3.86. The minimum atomic E-state index is -0.114. The quantitative estimate of drug-likeness (QED) is 0.692. The van der Waals surface area contributed by atoms with Crippen LogP contribution in [0.25, 0.3) is 0 Å². The van der Waals surface area contributed by atoms with Crippen molar-refractivity contribution in [1.29, 1.82) is 0 Å². The molecule has 0 saturated heterocycles. The zero-order valence-corrected chi connectivity index (χ0v) is 11.5. The van der Waals surface area contributed by atoms with Gasteiger partial charge in [-0.3, -0.25) is 0 Å². The van der Waals surface area contributed by atoms with Gasteiger partial charge >= 0.3 is 0 Å². The van der Waals surface area contributed by atoms with E-state index in [1.165, 1.54) is 12.8 Å². The molecule has 1 fully saturated rings. The third-order valence-corrected chi connectivity index (χ3v) is 4.89. The SMILES string of the molecule is CC1CCC2C(C1)Oc1cscc1OC2(C)C. The van der Waals surface area contributed by atoms with Gasteiger partial charge in [0.1, 0.15) is 11.7 Å². The Hall–Kier alpha value is -0.700. The van der Waals surface area contributed by atoms with Gasteiger partial charge in [-0.15, -0.1) is 11.3 Å². The molecule has 2 nitrogen and oxygen atoms in total. The van der Waals surface area contributed by atoms with E-state index in [1.807, 2.05) is 0 Å². The molecule has 1 aliphatic carbocycles.